The Balaban J connectivity index is 1.65. The lowest BCUT2D eigenvalue weighted by Gasteiger charge is -2.06. The number of hydrogen-bond acceptors (Lipinski definition) is 4. The van der Waals surface area contributed by atoms with Gasteiger partial charge in [-0.3, -0.25) is 0 Å². The highest BCUT2D eigenvalue weighted by molar-refractivity contribution is 5.73. The van der Waals surface area contributed by atoms with Crippen LogP contribution in [0.15, 0.2) is 48.5 Å². The molecule has 0 fully saturated rings. The first kappa shape index (κ1) is 11.5. The van der Waals surface area contributed by atoms with Gasteiger partial charge in [-0.25, -0.2) is 4.68 Å². The molecule has 96 valence electrons. The van der Waals surface area contributed by atoms with Crippen molar-refractivity contribution < 1.29 is 4.74 Å². The van der Waals surface area contributed by atoms with Crippen LogP contribution in [0.1, 0.15) is 0 Å². The molecule has 0 atom stereocenters. The van der Waals surface area contributed by atoms with Crippen molar-refractivity contribution in [2.24, 2.45) is 0 Å². The number of nitrogens with zero attached hydrogens (tertiary/aromatic N) is 3. The molecule has 0 saturated carbocycles. The van der Waals surface area contributed by atoms with Gasteiger partial charge in [-0.2, -0.15) is 0 Å². The van der Waals surface area contributed by atoms with E-state index in [1.165, 1.54) is 0 Å². The van der Waals surface area contributed by atoms with Gasteiger partial charge in [0, 0.05) is 5.69 Å². The smallest absolute Gasteiger partial charge is 0.119 e. The van der Waals surface area contributed by atoms with Crippen LogP contribution in [0.4, 0.5) is 5.69 Å². The number of hydrogen-bond donors (Lipinski definition) is 1. The zero-order valence-corrected chi connectivity index (χ0v) is 10.4. The summed E-state index contributed by atoms with van der Waals surface area (Å²) in [6.45, 7) is 1.20. The molecule has 5 heteroatoms. The number of aromatic nitrogens is 3. The van der Waals surface area contributed by atoms with Crippen LogP contribution in [0.25, 0.3) is 11.0 Å². The van der Waals surface area contributed by atoms with E-state index in [4.69, 9.17) is 10.5 Å². The van der Waals surface area contributed by atoms with Crippen molar-refractivity contribution in [3.05, 3.63) is 48.5 Å². The minimum Gasteiger partial charge on any atom is -0.492 e. The monoisotopic (exact) mass is 254 g/mol. The molecule has 3 rings (SSSR count). The molecule has 0 unspecified atom stereocenters. The molecule has 2 N–H and O–H groups in total. The highest BCUT2D eigenvalue weighted by Gasteiger charge is 2.02. The predicted molar refractivity (Wildman–Crippen MR) is 73.9 cm³/mol. The fourth-order valence-electron chi connectivity index (χ4n) is 1.90. The van der Waals surface area contributed by atoms with Crippen molar-refractivity contribution in [1.29, 1.82) is 0 Å². The summed E-state index contributed by atoms with van der Waals surface area (Å²) in [6.07, 6.45) is 0. The van der Waals surface area contributed by atoms with Crippen LogP contribution in [0.2, 0.25) is 0 Å². The van der Waals surface area contributed by atoms with E-state index in [1.807, 2.05) is 53.2 Å². The van der Waals surface area contributed by atoms with Gasteiger partial charge >= 0.3 is 0 Å². The van der Waals surface area contributed by atoms with Gasteiger partial charge in [0.25, 0.3) is 0 Å². The third-order valence-corrected chi connectivity index (χ3v) is 2.87. The molecule has 0 radical (unpaired) electrons. The number of benzene rings is 2. The van der Waals surface area contributed by atoms with Gasteiger partial charge < -0.3 is 10.5 Å². The van der Waals surface area contributed by atoms with Gasteiger partial charge in [0.1, 0.15) is 17.9 Å². The van der Waals surface area contributed by atoms with Gasteiger partial charge in [0.2, 0.25) is 0 Å². The van der Waals surface area contributed by atoms with Crippen LogP contribution >= 0.6 is 0 Å². The molecular weight excluding hydrogens is 240 g/mol. The Labute approximate surface area is 110 Å². The summed E-state index contributed by atoms with van der Waals surface area (Å²) in [4.78, 5) is 0. The van der Waals surface area contributed by atoms with E-state index in [0.717, 1.165) is 22.5 Å². The van der Waals surface area contributed by atoms with E-state index in [1.54, 1.807) is 0 Å². The molecule has 0 aliphatic carbocycles. The number of anilines is 1. The topological polar surface area (TPSA) is 66.0 Å². The number of fused-ring (bicyclic) bond motifs is 1. The molecule has 3 aromatic rings. The Morgan fingerprint density at radius 2 is 1.84 bits per heavy atom. The fraction of sp³-hybridized carbons (Fsp3) is 0.143. The van der Waals surface area contributed by atoms with Crippen LogP contribution in [-0.4, -0.2) is 21.6 Å². The summed E-state index contributed by atoms with van der Waals surface area (Å²) < 4.78 is 7.48. The van der Waals surface area contributed by atoms with Gasteiger partial charge in [0.05, 0.1) is 12.1 Å². The van der Waals surface area contributed by atoms with Gasteiger partial charge in [0.15, 0.2) is 0 Å². The molecule has 0 spiro atoms. The first-order chi connectivity index (χ1) is 9.33. The highest BCUT2D eigenvalue weighted by Crippen LogP contribution is 2.13. The average molecular weight is 254 g/mol. The molecule has 19 heavy (non-hydrogen) atoms. The van der Waals surface area contributed by atoms with Gasteiger partial charge in [-0.15, -0.1) is 5.10 Å². The molecule has 2 aromatic carbocycles. The van der Waals surface area contributed by atoms with E-state index < -0.39 is 0 Å². The number of nitrogen functional groups attached to an aromatic ring is 1. The molecular formula is C14H14N4O. The Hall–Kier alpha value is -2.56. The van der Waals surface area contributed by atoms with Crippen LogP contribution < -0.4 is 10.5 Å². The Bertz CT molecular complexity index is 675. The Kier molecular flexibility index (Phi) is 3.02. The highest BCUT2D eigenvalue weighted by atomic mass is 16.5. The summed E-state index contributed by atoms with van der Waals surface area (Å²) in [5.74, 6) is 0.804. The van der Waals surface area contributed by atoms with Crippen molar-refractivity contribution in [3.8, 4) is 5.75 Å². The summed E-state index contributed by atoms with van der Waals surface area (Å²) in [6, 6.07) is 15.2. The second kappa shape index (κ2) is 4.97. The zero-order valence-electron chi connectivity index (χ0n) is 10.4. The van der Waals surface area contributed by atoms with Crippen molar-refractivity contribution in [3.63, 3.8) is 0 Å². The predicted octanol–water partition coefficient (Wildman–Crippen LogP) is 2.09. The molecule has 0 bridgehead atoms. The van der Waals surface area contributed by atoms with E-state index in [2.05, 4.69) is 10.3 Å². The Morgan fingerprint density at radius 3 is 2.68 bits per heavy atom. The van der Waals surface area contributed by atoms with Crippen molar-refractivity contribution >= 4 is 16.7 Å². The first-order valence-electron chi connectivity index (χ1n) is 6.09. The molecule has 0 aliphatic heterocycles. The molecule has 0 aliphatic rings. The third kappa shape index (κ3) is 2.49. The third-order valence-electron chi connectivity index (χ3n) is 2.87. The second-order valence-electron chi connectivity index (χ2n) is 4.22. The first-order valence-corrected chi connectivity index (χ1v) is 6.09. The van der Waals surface area contributed by atoms with Crippen molar-refractivity contribution in [1.82, 2.24) is 15.0 Å². The molecule has 1 aromatic heterocycles. The standard InChI is InChI=1S/C14H14N4O/c15-11-5-7-12(8-6-11)19-10-9-18-14-4-2-1-3-13(14)16-17-18/h1-8H,9-10,15H2. The lowest BCUT2D eigenvalue weighted by Crippen LogP contribution is -2.09. The lowest BCUT2D eigenvalue weighted by molar-refractivity contribution is 0.292. The SMILES string of the molecule is Nc1ccc(OCCn2nnc3ccccc32)cc1. The largest absolute Gasteiger partial charge is 0.492 e. The fourth-order valence-corrected chi connectivity index (χ4v) is 1.90. The molecule has 0 amide bonds. The lowest BCUT2D eigenvalue weighted by atomic mass is 10.3. The average Bonchev–Trinajstić information content (AvgIpc) is 2.85. The molecule has 0 saturated heterocycles. The van der Waals surface area contributed by atoms with Crippen LogP contribution in [0, 0.1) is 0 Å². The summed E-state index contributed by atoms with van der Waals surface area (Å²) >= 11 is 0. The quantitative estimate of drug-likeness (QED) is 0.724. The minimum atomic E-state index is 0.539. The zero-order chi connectivity index (χ0) is 13.1. The molecule has 5 nitrogen and oxygen atoms in total. The number of para-hydroxylation sites is 1. The Morgan fingerprint density at radius 1 is 1.05 bits per heavy atom. The maximum Gasteiger partial charge on any atom is 0.119 e. The van der Waals surface area contributed by atoms with E-state index in [0.29, 0.717) is 13.2 Å². The summed E-state index contributed by atoms with van der Waals surface area (Å²) in [5.41, 5.74) is 8.26. The van der Waals surface area contributed by atoms with Gasteiger partial charge in [-0.1, -0.05) is 17.3 Å². The van der Waals surface area contributed by atoms with E-state index >= 15 is 0 Å². The minimum absolute atomic E-state index is 0.539. The molecule has 1 heterocycles. The summed E-state index contributed by atoms with van der Waals surface area (Å²) in [5, 5.41) is 8.20. The van der Waals surface area contributed by atoms with Crippen molar-refractivity contribution in [2.75, 3.05) is 12.3 Å². The maximum atomic E-state index is 5.64. The summed E-state index contributed by atoms with van der Waals surface area (Å²) in [7, 11) is 0. The van der Waals surface area contributed by atoms with E-state index in [9.17, 15) is 0 Å². The number of ether oxygens (including phenoxy) is 1. The second-order valence-corrected chi connectivity index (χ2v) is 4.22. The van der Waals surface area contributed by atoms with Crippen LogP contribution in [-0.2, 0) is 6.54 Å². The van der Waals surface area contributed by atoms with Gasteiger partial charge in [-0.05, 0) is 36.4 Å². The number of rotatable bonds is 4. The maximum absolute atomic E-state index is 5.64. The van der Waals surface area contributed by atoms with Crippen LogP contribution in [0.5, 0.6) is 5.75 Å². The normalized spacial score (nSPS) is 10.7. The van der Waals surface area contributed by atoms with E-state index in [-0.39, 0.29) is 0 Å². The number of nitrogens with two attached hydrogens (primary N) is 1. The van der Waals surface area contributed by atoms with Crippen molar-refractivity contribution in [2.45, 2.75) is 6.54 Å². The van der Waals surface area contributed by atoms with Crippen LogP contribution in [0.3, 0.4) is 0 Å².